The molecule has 0 spiro atoms. The summed E-state index contributed by atoms with van der Waals surface area (Å²) in [4.78, 5) is 21.8. The Balaban J connectivity index is 1.59. The Hall–Kier alpha value is -2.25. The molecule has 0 saturated carbocycles. The van der Waals surface area contributed by atoms with Gasteiger partial charge in [-0.15, -0.1) is 22.7 Å². The Morgan fingerprint density at radius 3 is 2.67 bits per heavy atom. The monoisotopic (exact) mass is 360 g/mol. The number of aryl methyl sites for hydroxylation is 1. The summed E-state index contributed by atoms with van der Waals surface area (Å²) in [5.41, 5.74) is 4.08. The number of hydrogen-bond donors (Lipinski definition) is 0. The molecule has 0 radical (unpaired) electrons. The molecule has 24 heavy (non-hydrogen) atoms. The van der Waals surface area contributed by atoms with Crippen molar-refractivity contribution in [1.29, 1.82) is 0 Å². The van der Waals surface area contributed by atoms with Gasteiger partial charge in [-0.1, -0.05) is 0 Å². The van der Waals surface area contributed by atoms with Gasteiger partial charge in [-0.05, 0) is 31.2 Å². The highest BCUT2D eigenvalue weighted by Gasteiger charge is 2.14. The van der Waals surface area contributed by atoms with Crippen LogP contribution in [0.2, 0.25) is 0 Å². The first kappa shape index (κ1) is 16.6. The van der Waals surface area contributed by atoms with E-state index in [4.69, 9.17) is 9.47 Å². The van der Waals surface area contributed by atoms with E-state index in [0.29, 0.717) is 18.7 Å². The smallest absolute Gasteiger partial charge is 0.357 e. The second-order valence-electron chi connectivity index (χ2n) is 5.01. The minimum Gasteiger partial charge on any atom is -0.497 e. The maximum Gasteiger partial charge on any atom is 0.357 e. The Morgan fingerprint density at radius 1 is 1.21 bits per heavy atom. The van der Waals surface area contributed by atoms with Crippen LogP contribution in [-0.2, 0) is 11.2 Å². The number of rotatable bonds is 6. The van der Waals surface area contributed by atoms with E-state index in [9.17, 15) is 4.79 Å². The van der Waals surface area contributed by atoms with E-state index in [1.165, 1.54) is 11.3 Å². The van der Waals surface area contributed by atoms with Crippen molar-refractivity contribution in [3.63, 3.8) is 0 Å². The van der Waals surface area contributed by atoms with Gasteiger partial charge in [0.1, 0.15) is 10.8 Å². The normalized spacial score (nSPS) is 10.6. The van der Waals surface area contributed by atoms with Crippen molar-refractivity contribution in [3.05, 3.63) is 51.4 Å². The van der Waals surface area contributed by atoms with Gasteiger partial charge in [0.05, 0.1) is 24.9 Å². The van der Waals surface area contributed by atoms with Crippen molar-refractivity contribution in [2.45, 2.75) is 13.3 Å². The molecule has 0 unspecified atom stereocenters. The van der Waals surface area contributed by atoms with E-state index in [2.05, 4.69) is 9.97 Å². The molecule has 0 bridgehead atoms. The molecule has 0 amide bonds. The van der Waals surface area contributed by atoms with Crippen molar-refractivity contribution in [2.24, 2.45) is 0 Å². The van der Waals surface area contributed by atoms with E-state index >= 15 is 0 Å². The van der Waals surface area contributed by atoms with Crippen LogP contribution in [0.15, 0.2) is 35.2 Å². The van der Waals surface area contributed by atoms with E-state index in [1.807, 2.05) is 31.2 Å². The quantitative estimate of drug-likeness (QED) is 0.622. The Bertz CT molecular complexity index is 824. The number of benzene rings is 1. The summed E-state index contributed by atoms with van der Waals surface area (Å²) in [7, 11) is 1.63. The number of methoxy groups -OCH3 is 1. The number of hydrogen-bond acceptors (Lipinski definition) is 7. The van der Waals surface area contributed by atoms with Crippen LogP contribution >= 0.6 is 22.7 Å². The molecule has 5 nitrogen and oxygen atoms in total. The van der Waals surface area contributed by atoms with Crippen molar-refractivity contribution in [1.82, 2.24) is 9.97 Å². The first-order chi connectivity index (χ1) is 11.7. The topological polar surface area (TPSA) is 61.3 Å². The van der Waals surface area contributed by atoms with Crippen LogP contribution in [0.25, 0.3) is 10.6 Å². The number of esters is 1. The average molecular weight is 360 g/mol. The number of aromatic nitrogens is 2. The molecule has 0 saturated heterocycles. The average Bonchev–Trinajstić information content (AvgIpc) is 3.25. The third kappa shape index (κ3) is 3.80. The standard InChI is InChI=1S/C17H16N2O3S2/c1-11-15(24-10-18-11)7-8-22-17(20)14-9-23-16(19-14)12-3-5-13(21-2)6-4-12/h3-6,9-10H,7-8H2,1-2H3. The maximum atomic E-state index is 12.1. The second kappa shape index (κ2) is 7.55. The third-order valence-corrected chi connectivity index (χ3v) is 5.34. The number of thiazole rings is 2. The molecule has 3 aromatic rings. The minimum atomic E-state index is -0.395. The summed E-state index contributed by atoms with van der Waals surface area (Å²) in [5, 5.41) is 2.50. The fraction of sp³-hybridized carbons (Fsp3) is 0.235. The molecule has 0 aliphatic rings. The van der Waals surface area contributed by atoms with E-state index in [-0.39, 0.29) is 0 Å². The van der Waals surface area contributed by atoms with Gasteiger partial charge in [-0.2, -0.15) is 0 Å². The molecule has 3 rings (SSSR count). The van der Waals surface area contributed by atoms with Crippen molar-refractivity contribution in [2.75, 3.05) is 13.7 Å². The largest absolute Gasteiger partial charge is 0.497 e. The highest BCUT2D eigenvalue weighted by molar-refractivity contribution is 7.13. The summed E-state index contributed by atoms with van der Waals surface area (Å²) in [6.45, 7) is 2.28. The van der Waals surface area contributed by atoms with Crippen molar-refractivity contribution in [3.8, 4) is 16.3 Å². The lowest BCUT2D eigenvalue weighted by molar-refractivity contribution is 0.0504. The molecule has 0 aliphatic heterocycles. The summed E-state index contributed by atoms with van der Waals surface area (Å²) in [6, 6.07) is 7.57. The van der Waals surface area contributed by atoms with E-state index in [0.717, 1.165) is 26.9 Å². The van der Waals surface area contributed by atoms with Gasteiger partial charge < -0.3 is 9.47 Å². The molecule has 1 aromatic carbocycles. The lowest BCUT2D eigenvalue weighted by atomic mass is 10.2. The lowest BCUT2D eigenvalue weighted by Crippen LogP contribution is -2.08. The molecular formula is C17H16N2O3S2. The molecule has 2 heterocycles. The number of carbonyl (C=O) groups excluding carboxylic acids is 1. The number of nitrogens with zero attached hydrogens (tertiary/aromatic N) is 2. The van der Waals surface area contributed by atoms with Crippen LogP contribution < -0.4 is 4.74 Å². The van der Waals surface area contributed by atoms with Gasteiger partial charge in [0.15, 0.2) is 5.69 Å². The Labute approximate surface area is 147 Å². The summed E-state index contributed by atoms with van der Waals surface area (Å²) < 4.78 is 10.4. The van der Waals surface area contributed by atoms with Crippen molar-refractivity contribution < 1.29 is 14.3 Å². The number of ether oxygens (including phenoxy) is 2. The Kier molecular flexibility index (Phi) is 5.22. The molecule has 2 aromatic heterocycles. The molecule has 0 fully saturated rings. The SMILES string of the molecule is COc1ccc(-c2nc(C(=O)OCCc3scnc3C)cs2)cc1. The van der Waals surface area contributed by atoms with Crippen LogP contribution in [0.4, 0.5) is 0 Å². The fourth-order valence-electron chi connectivity index (χ4n) is 2.11. The number of carbonyl (C=O) groups is 1. The highest BCUT2D eigenvalue weighted by atomic mass is 32.1. The molecular weight excluding hydrogens is 344 g/mol. The first-order valence-electron chi connectivity index (χ1n) is 7.33. The van der Waals surface area contributed by atoms with Gasteiger partial charge in [0.25, 0.3) is 0 Å². The van der Waals surface area contributed by atoms with Gasteiger partial charge >= 0.3 is 5.97 Å². The zero-order valence-corrected chi connectivity index (χ0v) is 14.9. The molecule has 0 aliphatic carbocycles. The predicted molar refractivity (Wildman–Crippen MR) is 94.9 cm³/mol. The lowest BCUT2D eigenvalue weighted by Gasteiger charge is -2.02. The molecule has 0 atom stereocenters. The highest BCUT2D eigenvalue weighted by Crippen LogP contribution is 2.26. The zero-order valence-electron chi connectivity index (χ0n) is 13.3. The van der Waals surface area contributed by atoms with Gasteiger partial charge in [-0.3, -0.25) is 0 Å². The summed E-state index contributed by atoms with van der Waals surface area (Å²) >= 11 is 2.99. The van der Waals surface area contributed by atoms with Crippen LogP contribution in [0.3, 0.4) is 0 Å². The minimum absolute atomic E-state index is 0.331. The first-order valence-corrected chi connectivity index (χ1v) is 9.09. The maximum absolute atomic E-state index is 12.1. The van der Waals surface area contributed by atoms with Crippen LogP contribution in [0.5, 0.6) is 5.75 Å². The fourth-order valence-corrected chi connectivity index (χ4v) is 3.67. The van der Waals surface area contributed by atoms with Gasteiger partial charge in [-0.25, -0.2) is 14.8 Å². The summed E-state index contributed by atoms with van der Waals surface area (Å²) in [5.74, 6) is 0.390. The summed E-state index contributed by atoms with van der Waals surface area (Å²) in [6.07, 6.45) is 0.678. The van der Waals surface area contributed by atoms with Gasteiger partial charge in [0, 0.05) is 22.2 Å². The predicted octanol–water partition coefficient (Wildman–Crippen LogP) is 3.98. The third-order valence-electron chi connectivity index (χ3n) is 3.46. The molecule has 124 valence electrons. The molecule has 7 heteroatoms. The zero-order chi connectivity index (χ0) is 16.9. The van der Waals surface area contributed by atoms with E-state index < -0.39 is 5.97 Å². The van der Waals surface area contributed by atoms with Crippen LogP contribution in [-0.4, -0.2) is 29.7 Å². The van der Waals surface area contributed by atoms with E-state index in [1.54, 1.807) is 29.3 Å². The van der Waals surface area contributed by atoms with Gasteiger partial charge in [0.2, 0.25) is 0 Å². The second-order valence-corrected chi connectivity index (χ2v) is 6.81. The Morgan fingerprint density at radius 2 is 2.00 bits per heavy atom. The van der Waals surface area contributed by atoms with Crippen LogP contribution in [0.1, 0.15) is 21.1 Å². The molecule has 0 N–H and O–H groups in total. The van der Waals surface area contributed by atoms with Crippen LogP contribution in [0, 0.1) is 6.92 Å². The van der Waals surface area contributed by atoms with Crippen molar-refractivity contribution >= 4 is 28.6 Å².